The number of carbonyl (C=O) groups excluding carboxylic acids is 1. The number of carbonyl (C=O) groups is 1. The molecule has 0 bridgehead atoms. The predicted molar refractivity (Wildman–Crippen MR) is 119 cm³/mol. The largest absolute Gasteiger partial charge is 0.457 e. The van der Waals surface area contributed by atoms with Crippen molar-refractivity contribution in [3.05, 3.63) is 87.8 Å². The minimum Gasteiger partial charge on any atom is -0.457 e. The molecule has 30 heavy (non-hydrogen) atoms. The van der Waals surface area contributed by atoms with E-state index in [4.69, 9.17) is 4.74 Å². The first-order chi connectivity index (χ1) is 14.3. The van der Waals surface area contributed by atoms with E-state index in [1.165, 1.54) is 21.9 Å². The predicted octanol–water partition coefficient (Wildman–Crippen LogP) is 5.10. The molecule has 2 aromatic carbocycles. The maximum Gasteiger partial charge on any atom is 0.271 e. The molecular formula is C23H21N3O3S. The number of aromatic nitrogens is 2. The molecule has 0 aliphatic heterocycles. The fourth-order valence-electron chi connectivity index (χ4n) is 3.03. The second kappa shape index (κ2) is 7.76. The van der Waals surface area contributed by atoms with Crippen molar-refractivity contribution in [3.8, 4) is 11.5 Å². The molecule has 1 N–H and O–H groups in total. The lowest BCUT2D eigenvalue weighted by Crippen LogP contribution is -2.29. The summed E-state index contributed by atoms with van der Waals surface area (Å²) in [4.78, 5) is 30.7. The summed E-state index contributed by atoms with van der Waals surface area (Å²) in [6.07, 6.45) is 1.33. The molecule has 1 amide bonds. The van der Waals surface area contributed by atoms with Gasteiger partial charge < -0.3 is 10.1 Å². The van der Waals surface area contributed by atoms with Gasteiger partial charge in [-0.3, -0.25) is 14.0 Å². The van der Waals surface area contributed by atoms with E-state index in [2.05, 4.69) is 10.3 Å². The highest BCUT2D eigenvalue weighted by Gasteiger charge is 2.23. The number of anilines is 1. The highest BCUT2D eigenvalue weighted by molar-refractivity contribution is 7.15. The SMILES string of the molecule is CC(C)(C)c1csc2ncc(C(=O)Nc3cccc(Oc4ccccc4)c3)c(=O)n12. The van der Waals surface area contributed by atoms with Gasteiger partial charge in [0.05, 0.1) is 0 Å². The zero-order valence-electron chi connectivity index (χ0n) is 16.9. The Labute approximate surface area is 177 Å². The molecule has 0 radical (unpaired) electrons. The molecule has 2 heterocycles. The molecule has 7 heteroatoms. The molecule has 0 atom stereocenters. The van der Waals surface area contributed by atoms with Crippen LogP contribution in [-0.2, 0) is 5.41 Å². The first kappa shape index (κ1) is 19.8. The summed E-state index contributed by atoms with van der Waals surface area (Å²) < 4.78 is 7.32. The average Bonchev–Trinajstić information content (AvgIpc) is 3.15. The highest BCUT2D eigenvalue weighted by Crippen LogP contribution is 2.26. The van der Waals surface area contributed by atoms with E-state index in [1.807, 2.05) is 56.5 Å². The number of hydrogen-bond acceptors (Lipinski definition) is 5. The van der Waals surface area contributed by atoms with Crippen LogP contribution in [-0.4, -0.2) is 15.3 Å². The van der Waals surface area contributed by atoms with Gasteiger partial charge in [-0.1, -0.05) is 45.0 Å². The van der Waals surface area contributed by atoms with Gasteiger partial charge in [-0.2, -0.15) is 0 Å². The molecular weight excluding hydrogens is 398 g/mol. The minimum absolute atomic E-state index is 0.00854. The summed E-state index contributed by atoms with van der Waals surface area (Å²) in [6, 6.07) is 16.4. The molecule has 0 fully saturated rings. The van der Waals surface area contributed by atoms with Gasteiger partial charge in [0.15, 0.2) is 4.96 Å². The van der Waals surface area contributed by atoms with E-state index in [9.17, 15) is 9.59 Å². The zero-order valence-corrected chi connectivity index (χ0v) is 17.7. The van der Waals surface area contributed by atoms with Gasteiger partial charge in [-0.15, -0.1) is 11.3 Å². The van der Waals surface area contributed by atoms with Gasteiger partial charge in [0.1, 0.15) is 17.1 Å². The number of para-hydroxylation sites is 1. The normalized spacial score (nSPS) is 11.4. The van der Waals surface area contributed by atoms with Crippen LogP contribution in [0, 0.1) is 0 Å². The van der Waals surface area contributed by atoms with Crippen molar-refractivity contribution in [3.63, 3.8) is 0 Å². The van der Waals surface area contributed by atoms with Gasteiger partial charge in [-0.25, -0.2) is 4.98 Å². The molecule has 4 aromatic rings. The lowest BCUT2D eigenvalue weighted by atomic mass is 9.93. The number of nitrogens with one attached hydrogen (secondary N) is 1. The summed E-state index contributed by atoms with van der Waals surface area (Å²) in [5.74, 6) is 0.767. The molecule has 6 nitrogen and oxygen atoms in total. The number of rotatable bonds is 4. The fourth-order valence-corrected chi connectivity index (χ4v) is 4.10. The number of benzene rings is 2. The second-order valence-corrected chi connectivity index (χ2v) is 8.70. The van der Waals surface area contributed by atoms with Crippen LogP contribution in [0.2, 0.25) is 0 Å². The van der Waals surface area contributed by atoms with E-state index in [-0.39, 0.29) is 16.5 Å². The summed E-state index contributed by atoms with van der Waals surface area (Å²) >= 11 is 1.39. The molecule has 0 aliphatic carbocycles. The number of thiazole rings is 1. The average molecular weight is 420 g/mol. The topological polar surface area (TPSA) is 72.7 Å². The third-order valence-electron chi connectivity index (χ3n) is 4.53. The van der Waals surface area contributed by atoms with Crippen LogP contribution in [0.3, 0.4) is 0 Å². The van der Waals surface area contributed by atoms with Crippen LogP contribution in [0.5, 0.6) is 11.5 Å². The van der Waals surface area contributed by atoms with Gasteiger partial charge in [-0.05, 0) is 24.3 Å². The zero-order chi connectivity index (χ0) is 21.3. The molecule has 0 spiro atoms. The van der Waals surface area contributed by atoms with Crippen molar-refractivity contribution in [2.75, 3.05) is 5.32 Å². The Morgan fingerprint density at radius 2 is 1.80 bits per heavy atom. The Kier molecular flexibility index (Phi) is 5.13. The van der Waals surface area contributed by atoms with Crippen LogP contribution in [0.1, 0.15) is 36.8 Å². The number of fused-ring (bicyclic) bond motifs is 1. The van der Waals surface area contributed by atoms with Crippen molar-refractivity contribution in [1.29, 1.82) is 0 Å². The lowest BCUT2D eigenvalue weighted by Gasteiger charge is -2.17. The van der Waals surface area contributed by atoms with Crippen LogP contribution in [0.4, 0.5) is 5.69 Å². The third-order valence-corrected chi connectivity index (χ3v) is 5.37. The molecule has 4 rings (SSSR count). The first-order valence-corrected chi connectivity index (χ1v) is 10.3. The van der Waals surface area contributed by atoms with E-state index in [0.29, 0.717) is 22.1 Å². The Balaban J connectivity index is 1.62. The van der Waals surface area contributed by atoms with Crippen molar-refractivity contribution in [1.82, 2.24) is 9.38 Å². The standard InChI is InChI=1S/C23H21N3O3S/c1-23(2,3)19-14-30-22-24-13-18(21(28)26(19)22)20(27)25-15-8-7-11-17(12-15)29-16-9-5-4-6-10-16/h4-14H,1-3H3,(H,25,27). The van der Waals surface area contributed by atoms with Gasteiger partial charge in [0.2, 0.25) is 0 Å². The van der Waals surface area contributed by atoms with Gasteiger partial charge >= 0.3 is 0 Å². The second-order valence-electron chi connectivity index (χ2n) is 7.86. The monoisotopic (exact) mass is 419 g/mol. The quantitative estimate of drug-likeness (QED) is 0.500. The Bertz CT molecular complexity index is 1270. The van der Waals surface area contributed by atoms with Gasteiger partial charge in [0, 0.05) is 34.4 Å². The van der Waals surface area contributed by atoms with E-state index < -0.39 is 5.91 Å². The van der Waals surface area contributed by atoms with Gasteiger partial charge in [0.25, 0.3) is 11.5 Å². The number of hydrogen-bond donors (Lipinski definition) is 1. The Morgan fingerprint density at radius 1 is 1.07 bits per heavy atom. The smallest absolute Gasteiger partial charge is 0.271 e. The fraction of sp³-hybridized carbons (Fsp3) is 0.174. The summed E-state index contributed by atoms with van der Waals surface area (Å²) in [7, 11) is 0. The number of ether oxygens (including phenoxy) is 1. The molecule has 0 aliphatic rings. The van der Waals surface area contributed by atoms with Crippen LogP contribution in [0.25, 0.3) is 4.96 Å². The lowest BCUT2D eigenvalue weighted by molar-refractivity contribution is 0.102. The molecule has 0 saturated carbocycles. The van der Waals surface area contributed by atoms with Crippen molar-refractivity contribution in [2.45, 2.75) is 26.2 Å². The molecule has 2 aromatic heterocycles. The summed E-state index contributed by atoms with van der Waals surface area (Å²) in [5, 5.41) is 4.68. The van der Waals surface area contributed by atoms with Crippen molar-refractivity contribution < 1.29 is 9.53 Å². The molecule has 152 valence electrons. The maximum absolute atomic E-state index is 13.0. The van der Waals surface area contributed by atoms with Crippen molar-refractivity contribution >= 4 is 27.9 Å². The Morgan fingerprint density at radius 3 is 2.53 bits per heavy atom. The van der Waals surface area contributed by atoms with E-state index in [1.54, 1.807) is 24.3 Å². The van der Waals surface area contributed by atoms with Crippen LogP contribution < -0.4 is 15.6 Å². The first-order valence-electron chi connectivity index (χ1n) is 9.47. The number of nitrogens with zero attached hydrogens (tertiary/aromatic N) is 2. The number of amides is 1. The van der Waals surface area contributed by atoms with E-state index >= 15 is 0 Å². The molecule has 0 unspecified atom stereocenters. The summed E-state index contributed by atoms with van der Waals surface area (Å²) in [5.41, 5.74) is 0.723. The minimum atomic E-state index is -0.509. The third kappa shape index (κ3) is 3.97. The maximum atomic E-state index is 13.0. The van der Waals surface area contributed by atoms with Crippen LogP contribution in [0.15, 0.2) is 71.0 Å². The van der Waals surface area contributed by atoms with Crippen molar-refractivity contribution in [2.24, 2.45) is 0 Å². The molecule has 0 saturated heterocycles. The Hall–Kier alpha value is -3.45. The summed E-state index contributed by atoms with van der Waals surface area (Å²) in [6.45, 7) is 6.06. The van der Waals surface area contributed by atoms with E-state index in [0.717, 1.165) is 5.69 Å². The highest BCUT2D eigenvalue weighted by atomic mass is 32.1. The van der Waals surface area contributed by atoms with Crippen LogP contribution >= 0.6 is 11.3 Å².